The van der Waals surface area contributed by atoms with Gasteiger partial charge in [0.1, 0.15) is 17.4 Å². The zero-order valence-corrected chi connectivity index (χ0v) is 17.6. The van der Waals surface area contributed by atoms with E-state index in [0.29, 0.717) is 36.4 Å². The molecule has 0 unspecified atom stereocenters. The van der Waals surface area contributed by atoms with Crippen molar-refractivity contribution in [2.24, 2.45) is 0 Å². The number of rotatable bonds is 8. The first-order valence-electron chi connectivity index (χ1n) is 10.8. The predicted octanol–water partition coefficient (Wildman–Crippen LogP) is 4.96. The molecule has 0 saturated heterocycles. The molecule has 1 aliphatic rings. The number of carbonyl (C=O) groups is 1. The van der Waals surface area contributed by atoms with E-state index < -0.39 is 5.60 Å². The van der Waals surface area contributed by atoms with Crippen LogP contribution in [0, 0.1) is 17.1 Å². The summed E-state index contributed by atoms with van der Waals surface area (Å²) >= 11 is 0. The standard InChI is InChI=1S/C25H26FN3O2/c1-25(31,18-9-11-19(26)12-10-18)15-21(30)6-3-7-24-28-22-13-8-17(16-27)14-23(22)29(24)20-4-2-5-20/h8-14,20,31H,2-7,15H2,1H3/t25-/m0/s1. The van der Waals surface area contributed by atoms with Gasteiger partial charge in [-0.05, 0) is 68.5 Å². The van der Waals surface area contributed by atoms with Gasteiger partial charge in [-0.3, -0.25) is 4.79 Å². The summed E-state index contributed by atoms with van der Waals surface area (Å²) in [7, 11) is 0. The summed E-state index contributed by atoms with van der Waals surface area (Å²) in [6.07, 6.45) is 5.04. The number of carbonyl (C=O) groups excluding carboxylic acids is 1. The second kappa shape index (κ2) is 8.60. The van der Waals surface area contributed by atoms with Crippen LogP contribution in [0.15, 0.2) is 42.5 Å². The maximum Gasteiger partial charge on any atom is 0.136 e. The molecule has 1 aromatic heterocycles. The molecule has 0 aliphatic heterocycles. The second-order valence-corrected chi connectivity index (χ2v) is 8.65. The molecule has 1 atom stereocenters. The number of hydrogen-bond acceptors (Lipinski definition) is 4. The highest BCUT2D eigenvalue weighted by Crippen LogP contribution is 2.36. The van der Waals surface area contributed by atoms with Crippen molar-refractivity contribution in [3.63, 3.8) is 0 Å². The van der Waals surface area contributed by atoms with Crippen LogP contribution in [0.25, 0.3) is 11.0 Å². The molecule has 3 aromatic rings. The Hall–Kier alpha value is -3.04. The van der Waals surface area contributed by atoms with E-state index in [1.54, 1.807) is 13.0 Å². The Balaban J connectivity index is 1.43. The molecule has 0 amide bonds. The van der Waals surface area contributed by atoms with Crippen LogP contribution in [-0.4, -0.2) is 20.4 Å². The first kappa shape index (κ1) is 21.2. The Morgan fingerprint density at radius 1 is 1.29 bits per heavy atom. The number of aromatic nitrogens is 2. The smallest absolute Gasteiger partial charge is 0.136 e. The zero-order valence-electron chi connectivity index (χ0n) is 17.6. The van der Waals surface area contributed by atoms with E-state index in [-0.39, 0.29) is 18.0 Å². The molecule has 1 heterocycles. The van der Waals surface area contributed by atoms with Gasteiger partial charge in [0.15, 0.2) is 0 Å². The quantitative estimate of drug-likeness (QED) is 0.560. The summed E-state index contributed by atoms with van der Waals surface area (Å²) in [6, 6.07) is 13.8. The fourth-order valence-electron chi connectivity index (χ4n) is 4.27. The van der Waals surface area contributed by atoms with Crippen molar-refractivity contribution in [2.45, 2.75) is 63.5 Å². The Kier molecular flexibility index (Phi) is 5.88. The lowest BCUT2D eigenvalue weighted by Gasteiger charge is -2.29. The average molecular weight is 420 g/mol. The number of aliphatic hydroxyl groups is 1. The van der Waals surface area contributed by atoms with Crippen LogP contribution in [0.4, 0.5) is 4.39 Å². The van der Waals surface area contributed by atoms with Gasteiger partial charge in [-0.25, -0.2) is 9.37 Å². The van der Waals surface area contributed by atoms with Crippen LogP contribution in [0.3, 0.4) is 0 Å². The SMILES string of the molecule is C[C@](O)(CC(=O)CCCc1nc2ccc(C#N)cc2n1C1CCC1)c1ccc(F)cc1. The molecule has 2 aromatic carbocycles. The van der Waals surface area contributed by atoms with Gasteiger partial charge in [-0.1, -0.05) is 12.1 Å². The van der Waals surface area contributed by atoms with Crippen LogP contribution >= 0.6 is 0 Å². The van der Waals surface area contributed by atoms with Gasteiger partial charge < -0.3 is 9.67 Å². The summed E-state index contributed by atoms with van der Waals surface area (Å²) in [5, 5.41) is 19.9. The molecule has 1 saturated carbocycles. The maximum absolute atomic E-state index is 13.1. The molecular formula is C25H26FN3O2. The molecule has 160 valence electrons. The highest BCUT2D eigenvalue weighted by molar-refractivity contribution is 5.80. The fraction of sp³-hybridized carbons (Fsp3) is 0.400. The summed E-state index contributed by atoms with van der Waals surface area (Å²) in [5.74, 6) is 0.544. The molecule has 0 radical (unpaired) electrons. The van der Waals surface area contributed by atoms with Gasteiger partial charge in [-0.2, -0.15) is 5.26 Å². The number of halogens is 1. The molecule has 4 rings (SSSR count). The van der Waals surface area contributed by atoms with Gasteiger partial charge in [0, 0.05) is 25.3 Å². The van der Waals surface area contributed by atoms with Crippen LogP contribution in [0.2, 0.25) is 0 Å². The summed E-state index contributed by atoms with van der Waals surface area (Å²) in [4.78, 5) is 17.3. The minimum atomic E-state index is -1.32. The topological polar surface area (TPSA) is 78.9 Å². The molecule has 5 nitrogen and oxygen atoms in total. The number of Topliss-reactive ketones (excluding diaryl/α,β-unsaturated/α-hetero) is 1. The molecule has 0 spiro atoms. The largest absolute Gasteiger partial charge is 0.385 e. The van der Waals surface area contributed by atoms with E-state index in [4.69, 9.17) is 4.98 Å². The summed E-state index contributed by atoms with van der Waals surface area (Å²) < 4.78 is 15.4. The number of nitriles is 1. The van der Waals surface area contributed by atoms with Crippen LogP contribution in [-0.2, 0) is 16.8 Å². The molecule has 31 heavy (non-hydrogen) atoms. The number of imidazole rings is 1. The maximum atomic E-state index is 13.1. The van der Waals surface area contributed by atoms with Crippen molar-refractivity contribution in [1.29, 1.82) is 5.26 Å². The van der Waals surface area contributed by atoms with Gasteiger partial charge >= 0.3 is 0 Å². The van der Waals surface area contributed by atoms with Crippen molar-refractivity contribution < 1.29 is 14.3 Å². The third-order valence-corrected chi connectivity index (χ3v) is 6.19. The minimum Gasteiger partial charge on any atom is -0.385 e. The molecule has 6 heteroatoms. The average Bonchev–Trinajstić information content (AvgIpc) is 3.04. The number of aryl methyl sites for hydroxylation is 1. The lowest BCUT2D eigenvalue weighted by molar-refractivity contribution is -0.123. The minimum absolute atomic E-state index is 0.0107. The third-order valence-electron chi connectivity index (χ3n) is 6.19. The fourth-order valence-corrected chi connectivity index (χ4v) is 4.27. The third kappa shape index (κ3) is 4.52. The number of hydrogen-bond donors (Lipinski definition) is 1. The van der Waals surface area contributed by atoms with E-state index in [9.17, 15) is 19.6 Å². The van der Waals surface area contributed by atoms with Gasteiger partial charge in [-0.15, -0.1) is 0 Å². The summed E-state index contributed by atoms with van der Waals surface area (Å²) in [5.41, 5.74) is 1.70. The molecule has 1 aliphatic carbocycles. The highest BCUT2D eigenvalue weighted by atomic mass is 19.1. The van der Waals surface area contributed by atoms with E-state index in [2.05, 4.69) is 10.6 Å². The highest BCUT2D eigenvalue weighted by Gasteiger charge is 2.27. The number of nitrogens with zero attached hydrogens (tertiary/aromatic N) is 3. The van der Waals surface area contributed by atoms with Crippen LogP contribution < -0.4 is 0 Å². The second-order valence-electron chi connectivity index (χ2n) is 8.65. The normalized spacial score (nSPS) is 15.9. The van der Waals surface area contributed by atoms with Crippen molar-refractivity contribution in [3.8, 4) is 6.07 Å². The zero-order chi connectivity index (χ0) is 22.0. The number of ketones is 1. The number of fused-ring (bicyclic) bond motifs is 1. The van der Waals surface area contributed by atoms with Crippen LogP contribution in [0.5, 0.6) is 0 Å². The molecule has 1 fully saturated rings. The van der Waals surface area contributed by atoms with Gasteiger partial charge in [0.25, 0.3) is 0 Å². The summed E-state index contributed by atoms with van der Waals surface area (Å²) in [6.45, 7) is 1.58. The lowest BCUT2D eigenvalue weighted by atomic mass is 9.89. The monoisotopic (exact) mass is 419 g/mol. The van der Waals surface area contributed by atoms with Crippen molar-refractivity contribution >= 4 is 16.8 Å². The number of benzene rings is 2. The molecule has 1 N–H and O–H groups in total. The van der Waals surface area contributed by atoms with Gasteiger partial charge in [0.2, 0.25) is 0 Å². The first-order valence-corrected chi connectivity index (χ1v) is 10.8. The molecular weight excluding hydrogens is 393 g/mol. The van der Waals surface area contributed by atoms with Gasteiger partial charge in [0.05, 0.1) is 28.3 Å². The molecule has 0 bridgehead atoms. The van der Waals surface area contributed by atoms with Crippen molar-refractivity contribution in [2.75, 3.05) is 0 Å². The Morgan fingerprint density at radius 3 is 2.68 bits per heavy atom. The Bertz CT molecular complexity index is 1140. The first-order chi connectivity index (χ1) is 14.9. The Labute approximate surface area is 181 Å². The van der Waals surface area contributed by atoms with E-state index in [0.717, 1.165) is 29.7 Å². The van der Waals surface area contributed by atoms with E-state index >= 15 is 0 Å². The van der Waals surface area contributed by atoms with E-state index in [1.165, 1.54) is 30.7 Å². The Morgan fingerprint density at radius 2 is 2.03 bits per heavy atom. The predicted molar refractivity (Wildman–Crippen MR) is 116 cm³/mol. The van der Waals surface area contributed by atoms with Crippen molar-refractivity contribution in [1.82, 2.24) is 9.55 Å². The lowest BCUT2D eigenvalue weighted by Crippen LogP contribution is -2.25. The van der Waals surface area contributed by atoms with Crippen molar-refractivity contribution in [3.05, 3.63) is 65.2 Å². The van der Waals surface area contributed by atoms with Crippen LogP contribution in [0.1, 0.15) is 68.4 Å². The van der Waals surface area contributed by atoms with E-state index in [1.807, 2.05) is 12.1 Å².